The predicted molar refractivity (Wildman–Crippen MR) is 68.0 cm³/mol. The number of carbonyl (C=O) groups excluding carboxylic acids is 1. The Hall–Kier alpha value is -1.42. The van der Waals surface area contributed by atoms with Crippen LogP contribution in [0.2, 0.25) is 0 Å². The molecule has 92 valence electrons. The van der Waals surface area contributed by atoms with Gasteiger partial charge < -0.3 is 11.1 Å². The molecular weight excluding hydrogens is 214 g/mol. The number of aryl methyl sites for hydroxylation is 1. The van der Waals surface area contributed by atoms with E-state index < -0.39 is 5.54 Å². The van der Waals surface area contributed by atoms with E-state index in [1.54, 1.807) is 6.20 Å². The first kappa shape index (κ1) is 12.0. The van der Waals surface area contributed by atoms with Crippen LogP contribution in [-0.2, 0) is 0 Å². The Balaban J connectivity index is 2.39. The molecule has 0 saturated carbocycles. The standard InChI is InChI=1S/C13H19N3O/c1-3-13(5-4-6-16-13)11(17)10-7-9(2)8-15-12(10)14/h7-8,16H,3-6H2,1-2H3,(H2,14,15). The lowest BCUT2D eigenvalue weighted by molar-refractivity contribution is 0.0864. The maximum absolute atomic E-state index is 12.6. The molecule has 1 unspecified atom stereocenters. The van der Waals surface area contributed by atoms with Crippen LogP contribution in [0.1, 0.15) is 42.1 Å². The minimum Gasteiger partial charge on any atom is -0.383 e. The van der Waals surface area contributed by atoms with E-state index in [1.807, 2.05) is 19.9 Å². The minimum atomic E-state index is -0.427. The quantitative estimate of drug-likeness (QED) is 0.779. The summed E-state index contributed by atoms with van der Waals surface area (Å²) in [6.07, 6.45) is 4.40. The van der Waals surface area contributed by atoms with Gasteiger partial charge in [0.2, 0.25) is 0 Å². The molecule has 1 aliphatic rings. The Morgan fingerprint density at radius 2 is 2.41 bits per heavy atom. The van der Waals surface area contributed by atoms with Gasteiger partial charge in [-0.1, -0.05) is 6.92 Å². The van der Waals surface area contributed by atoms with E-state index in [0.29, 0.717) is 11.4 Å². The Morgan fingerprint density at radius 3 is 3.00 bits per heavy atom. The van der Waals surface area contributed by atoms with Crippen LogP contribution in [0.25, 0.3) is 0 Å². The van der Waals surface area contributed by atoms with E-state index in [1.165, 1.54) is 0 Å². The second-order valence-corrected chi connectivity index (χ2v) is 4.74. The third kappa shape index (κ3) is 2.05. The van der Waals surface area contributed by atoms with Gasteiger partial charge >= 0.3 is 0 Å². The number of nitrogens with zero attached hydrogens (tertiary/aromatic N) is 1. The molecule has 4 nitrogen and oxygen atoms in total. The fourth-order valence-electron chi connectivity index (χ4n) is 2.48. The number of ketones is 1. The van der Waals surface area contributed by atoms with Crippen molar-refractivity contribution in [3.63, 3.8) is 0 Å². The van der Waals surface area contributed by atoms with Crippen molar-refractivity contribution in [2.45, 2.75) is 38.6 Å². The highest BCUT2D eigenvalue weighted by Gasteiger charge is 2.40. The highest BCUT2D eigenvalue weighted by atomic mass is 16.1. The number of nitrogens with two attached hydrogens (primary N) is 1. The summed E-state index contributed by atoms with van der Waals surface area (Å²) in [6.45, 7) is 4.86. The van der Waals surface area contributed by atoms with Crippen molar-refractivity contribution in [1.82, 2.24) is 10.3 Å². The van der Waals surface area contributed by atoms with Crippen LogP contribution in [0.15, 0.2) is 12.3 Å². The highest BCUT2D eigenvalue weighted by Crippen LogP contribution is 2.29. The van der Waals surface area contributed by atoms with Crippen LogP contribution < -0.4 is 11.1 Å². The molecule has 1 aliphatic heterocycles. The van der Waals surface area contributed by atoms with Gasteiger partial charge in [0.05, 0.1) is 11.1 Å². The van der Waals surface area contributed by atoms with Gasteiger partial charge in [-0.05, 0) is 44.4 Å². The van der Waals surface area contributed by atoms with E-state index in [-0.39, 0.29) is 5.78 Å². The van der Waals surface area contributed by atoms with Gasteiger partial charge in [0, 0.05) is 6.20 Å². The van der Waals surface area contributed by atoms with E-state index in [4.69, 9.17) is 5.73 Å². The zero-order valence-electron chi connectivity index (χ0n) is 10.4. The van der Waals surface area contributed by atoms with E-state index in [0.717, 1.165) is 31.4 Å². The Kier molecular flexibility index (Phi) is 3.15. The van der Waals surface area contributed by atoms with E-state index in [9.17, 15) is 4.79 Å². The molecule has 0 radical (unpaired) electrons. The molecule has 0 aromatic carbocycles. The summed E-state index contributed by atoms with van der Waals surface area (Å²) >= 11 is 0. The van der Waals surface area contributed by atoms with Crippen molar-refractivity contribution in [1.29, 1.82) is 0 Å². The zero-order chi connectivity index (χ0) is 12.5. The number of rotatable bonds is 3. The largest absolute Gasteiger partial charge is 0.383 e. The number of nitrogens with one attached hydrogen (secondary N) is 1. The maximum Gasteiger partial charge on any atom is 0.186 e. The monoisotopic (exact) mass is 233 g/mol. The first-order valence-corrected chi connectivity index (χ1v) is 6.11. The van der Waals surface area contributed by atoms with Crippen molar-refractivity contribution in [3.8, 4) is 0 Å². The summed E-state index contributed by atoms with van der Waals surface area (Å²) in [4.78, 5) is 16.7. The van der Waals surface area contributed by atoms with Crippen molar-refractivity contribution >= 4 is 11.6 Å². The summed E-state index contributed by atoms with van der Waals surface area (Å²) in [5, 5.41) is 3.33. The number of hydrogen-bond acceptors (Lipinski definition) is 4. The van der Waals surface area contributed by atoms with Crippen molar-refractivity contribution in [3.05, 3.63) is 23.4 Å². The summed E-state index contributed by atoms with van der Waals surface area (Å²) < 4.78 is 0. The van der Waals surface area contributed by atoms with Crippen molar-refractivity contribution < 1.29 is 4.79 Å². The second-order valence-electron chi connectivity index (χ2n) is 4.74. The van der Waals surface area contributed by atoms with E-state index >= 15 is 0 Å². The van der Waals surface area contributed by atoms with Gasteiger partial charge in [-0.2, -0.15) is 0 Å². The SMILES string of the molecule is CCC1(C(=O)c2cc(C)cnc2N)CCCN1. The molecule has 17 heavy (non-hydrogen) atoms. The molecule has 0 amide bonds. The van der Waals surface area contributed by atoms with Gasteiger partial charge in [-0.25, -0.2) is 4.98 Å². The van der Waals surface area contributed by atoms with Gasteiger partial charge in [0.1, 0.15) is 5.82 Å². The first-order chi connectivity index (χ1) is 8.09. The lowest BCUT2D eigenvalue weighted by atomic mass is 9.85. The van der Waals surface area contributed by atoms with Crippen LogP contribution in [0, 0.1) is 6.92 Å². The van der Waals surface area contributed by atoms with Gasteiger partial charge in [-0.3, -0.25) is 4.79 Å². The fourth-order valence-corrected chi connectivity index (χ4v) is 2.48. The Morgan fingerprint density at radius 1 is 1.65 bits per heavy atom. The van der Waals surface area contributed by atoms with Crippen LogP contribution in [0.3, 0.4) is 0 Å². The molecule has 1 atom stereocenters. The summed E-state index contributed by atoms with van der Waals surface area (Å²) in [5.41, 5.74) is 6.91. The first-order valence-electron chi connectivity index (χ1n) is 6.11. The van der Waals surface area contributed by atoms with Crippen LogP contribution in [0.5, 0.6) is 0 Å². The molecule has 1 aromatic rings. The second kappa shape index (κ2) is 4.45. The van der Waals surface area contributed by atoms with Crippen LogP contribution >= 0.6 is 0 Å². The number of aromatic nitrogens is 1. The molecular formula is C13H19N3O. The van der Waals surface area contributed by atoms with Crippen molar-refractivity contribution in [2.24, 2.45) is 0 Å². The lowest BCUT2D eigenvalue weighted by Gasteiger charge is -2.26. The van der Waals surface area contributed by atoms with Gasteiger partial charge in [0.15, 0.2) is 5.78 Å². The number of carbonyl (C=O) groups is 1. The Labute approximate surface area is 102 Å². The van der Waals surface area contributed by atoms with E-state index in [2.05, 4.69) is 10.3 Å². The number of pyridine rings is 1. The molecule has 0 aliphatic carbocycles. The molecule has 1 fully saturated rings. The molecule has 1 aromatic heterocycles. The Bertz CT molecular complexity index is 436. The maximum atomic E-state index is 12.6. The van der Waals surface area contributed by atoms with Gasteiger partial charge in [-0.15, -0.1) is 0 Å². The van der Waals surface area contributed by atoms with Crippen molar-refractivity contribution in [2.75, 3.05) is 12.3 Å². The normalized spacial score (nSPS) is 23.9. The number of nitrogen functional groups attached to an aromatic ring is 1. The average molecular weight is 233 g/mol. The summed E-state index contributed by atoms with van der Waals surface area (Å²) in [6, 6.07) is 1.84. The molecule has 2 heterocycles. The number of anilines is 1. The number of Topliss-reactive ketones (excluding diaryl/α,β-unsaturated/α-hetero) is 1. The fraction of sp³-hybridized carbons (Fsp3) is 0.538. The highest BCUT2D eigenvalue weighted by molar-refractivity contribution is 6.06. The molecule has 4 heteroatoms. The minimum absolute atomic E-state index is 0.0891. The van der Waals surface area contributed by atoms with Crippen LogP contribution in [0.4, 0.5) is 5.82 Å². The third-order valence-corrected chi connectivity index (χ3v) is 3.58. The average Bonchev–Trinajstić information content (AvgIpc) is 2.81. The van der Waals surface area contributed by atoms with Crippen LogP contribution in [-0.4, -0.2) is 22.9 Å². The summed E-state index contributed by atoms with van der Waals surface area (Å²) in [7, 11) is 0. The zero-order valence-corrected chi connectivity index (χ0v) is 10.4. The summed E-state index contributed by atoms with van der Waals surface area (Å²) in [5.74, 6) is 0.424. The predicted octanol–water partition coefficient (Wildman–Crippen LogP) is 1.69. The molecule has 2 rings (SSSR count). The number of hydrogen-bond donors (Lipinski definition) is 2. The third-order valence-electron chi connectivity index (χ3n) is 3.58. The molecule has 3 N–H and O–H groups in total. The molecule has 0 spiro atoms. The molecule has 0 bridgehead atoms. The smallest absolute Gasteiger partial charge is 0.186 e. The molecule has 1 saturated heterocycles. The topological polar surface area (TPSA) is 68.0 Å². The lowest BCUT2D eigenvalue weighted by Crippen LogP contribution is -2.47. The van der Waals surface area contributed by atoms with Gasteiger partial charge in [0.25, 0.3) is 0 Å².